The van der Waals surface area contributed by atoms with Gasteiger partial charge in [0.15, 0.2) is 5.88 Å². The van der Waals surface area contributed by atoms with E-state index < -0.39 is 0 Å². The monoisotopic (exact) mass is 185 g/mol. The molecule has 0 aromatic carbocycles. The smallest absolute Gasteiger partial charge is 0.180 e. The highest BCUT2D eigenvalue weighted by Crippen LogP contribution is 2.05. The topological polar surface area (TPSA) is 32.3 Å². The Morgan fingerprint density at radius 3 is 2.46 bits per heavy atom. The number of hydrogen-bond donors (Lipinski definition) is 2. The van der Waals surface area contributed by atoms with Crippen LogP contribution in [0.2, 0.25) is 0 Å². The second-order valence-corrected chi connectivity index (χ2v) is 3.77. The van der Waals surface area contributed by atoms with Gasteiger partial charge in [-0.2, -0.15) is 0 Å². The van der Waals surface area contributed by atoms with Gasteiger partial charge in [-0.25, -0.2) is 0 Å². The molecule has 0 saturated heterocycles. The van der Waals surface area contributed by atoms with E-state index >= 15 is 0 Å². The molecule has 2 nitrogen and oxygen atoms in total. The maximum Gasteiger partial charge on any atom is 0.180 e. The third kappa shape index (κ3) is 6.50. The van der Waals surface area contributed by atoms with Crippen molar-refractivity contribution >= 4 is 0 Å². The van der Waals surface area contributed by atoms with Crippen LogP contribution in [0.25, 0.3) is 0 Å². The van der Waals surface area contributed by atoms with Crippen molar-refractivity contribution in [2.75, 3.05) is 0 Å². The molecule has 0 saturated carbocycles. The Morgan fingerprint density at radius 2 is 2.00 bits per heavy atom. The first-order valence-corrected chi connectivity index (χ1v) is 5.27. The van der Waals surface area contributed by atoms with Crippen molar-refractivity contribution in [1.29, 1.82) is 0 Å². The zero-order chi connectivity index (χ0) is 10.3. The molecule has 0 fully saturated rings. The van der Waals surface area contributed by atoms with Crippen LogP contribution in [0.5, 0.6) is 0 Å². The third-order valence-corrected chi connectivity index (χ3v) is 2.20. The first kappa shape index (κ1) is 12.3. The molecule has 0 aliphatic rings. The molecule has 0 aromatic heterocycles. The fourth-order valence-corrected chi connectivity index (χ4v) is 1.19. The van der Waals surface area contributed by atoms with Crippen molar-refractivity contribution in [3.05, 3.63) is 12.0 Å². The largest absolute Gasteiger partial charge is 0.495 e. The van der Waals surface area contributed by atoms with Gasteiger partial charge < -0.3 is 10.4 Å². The minimum Gasteiger partial charge on any atom is -0.495 e. The lowest BCUT2D eigenvalue weighted by atomic mass is 10.1. The fraction of sp³-hybridized carbons (Fsp3) is 0.818. The number of nitrogens with one attached hydrogen (secondary N) is 1. The molecule has 13 heavy (non-hydrogen) atoms. The van der Waals surface area contributed by atoms with Crippen LogP contribution in [0.1, 0.15) is 47.0 Å². The van der Waals surface area contributed by atoms with E-state index in [1.54, 1.807) is 0 Å². The molecule has 0 radical (unpaired) electrons. The quantitative estimate of drug-likeness (QED) is 0.623. The van der Waals surface area contributed by atoms with Crippen molar-refractivity contribution in [2.45, 2.75) is 53.0 Å². The second-order valence-electron chi connectivity index (χ2n) is 3.77. The van der Waals surface area contributed by atoms with Crippen LogP contribution in [-0.2, 0) is 0 Å². The molecule has 0 rings (SSSR count). The molecule has 78 valence electrons. The standard InChI is InChI=1S/C11H23NO/c1-5-7-10(4)12-11(13)8-9(3)6-2/h8-10,12-13H,5-7H2,1-4H3. The van der Waals surface area contributed by atoms with Gasteiger partial charge >= 0.3 is 0 Å². The highest BCUT2D eigenvalue weighted by Gasteiger charge is 2.02. The molecule has 0 aromatic rings. The van der Waals surface area contributed by atoms with Gasteiger partial charge in [0.05, 0.1) is 0 Å². The van der Waals surface area contributed by atoms with E-state index in [0.717, 1.165) is 19.3 Å². The van der Waals surface area contributed by atoms with Gasteiger partial charge in [0.25, 0.3) is 0 Å². The molecule has 0 bridgehead atoms. The summed E-state index contributed by atoms with van der Waals surface area (Å²) >= 11 is 0. The van der Waals surface area contributed by atoms with E-state index in [9.17, 15) is 5.11 Å². The van der Waals surface area contributed by atoms with E-state index in [-0.39, 0.29) is 0 Å². The third-order valence-electron chi connectivity index (χ3n) is 2.20. The van der Waals surface area contributed by atoms with Crippen LogP contribution in [0, 0.1) is 5.92 Å². The predicted molar refractivity (Wildman–Crippen MR) is 57.7 cm³/mol. The van der Waals surface area contributed by atoms with Crippen molar-refractivity contribution in [1.82, 2.24) is 5.32 Å². The maximum absolute atomic E-state index is 9.50. The van der Waals surface area contributed by atoms with Crippen LogP contribution < -0.4 is 5.32 Å². The first-order valence-electron chi connectivity index (χ1n) is 5.27. The molecule has 2 atom stereocenters. The molecule has 0 spiro atoms. The Morgan fingerprint density at radius 1 is 1.38 bits per heavy atom. The summed E-state index contributed by atoms with van der Waals surface area (Å²) in [5.41, 5.74) is 0. The van der Waals surface area contributed by atoms with E-state index in [1.807, 2.05) is 6.08 Å². The fourth-order valence-electron chi connectivity index (χ4n) is 1.19. The Hall–Kier alpha value is -0.660. The number of hydrogen-bond acceptors (Lipinski definition) is 2. The summed E-state index contributed by atoms with van der Waals surface area (Å²) in [5, 5.41) is 12.6. The first-order chi connectivity index (χ1) is 6.10. The Bertz CT molecular complexity index is 154. The minimum atomic E-state index is 0.329. The lowest BCUT2D eigenvalue weighted by molar-refractivity contribution is 0.332. The second kappa shape index (κ2) is 6.81. The Labute approximate surface area is 82.0 Å². The lowest BCUT2D eigenvalue weighted by Crippen LogP contribution is -2.25. The maximum atomic E-state index is 9.50. The highest BCUT2D eigenvalue weighted by molar-refractivity contribution is 4.92. The van der Waals surface area contributed by atoms with Gasteiger partial charge in [-0.3, -0.25) is 0 Å². The molecule has 2 N–H and O–H groups in total. The number of rotatable bonds is 6. The Kier molecular flexibility index (Phi) is 6.47. The summed E-state index contributed by atoms with van der Waals surface area (Å²) in [6, 6.07) is 0.366. The molecular formula is C11H23NO. The minimum absolute atomic E-state index is 0.329. The molecule has 2 unspecified atom stereocenters. The summed E-state index contributed by atoms with van der Waals surface area (Å²) in [5.74, 6) is 0.775. The van der Waals surface area contributed by atoms with E-state index in [1.165, 1.54) is 0 Å². The predicted octanol–water partition coefficient (Wildman–Crippen LogP) is 3.21. The van der Waals surface area contributed by atoms with Crippen molar-refractivity contribution in [3.63, 3.8) is 0 Å². The van der Waals surface area contributed by atoms with Crippen LogP contribution in [0.3, 0.4) is 0 Å². The molecule has 0 amide bonds. The van der Waals surface area contributed by atoms with Crippen LogP contribution in [-0.4, -0.2) is 11.1 Å². The molecule has 2 heteroatoms. The number of aliphatic hydroxyl groups excluding tert-OH is 1. The van der Waals surface area contributed by atoms with Gasteiger partial charge in [0.2, 0.25) is 0 Å². The number of aliphatic hydroxyl groups is 1. The highest BCUT2D eigenvalue weighted by atomic mass is 16.3. The van der Waals surface area contributed by atoms with Crippen LogP contribution >= 0.6 is 0 Å². The molecule has 0 heterocycles. The zero-order valence-corrected chi connectivity index (χ0v) is 9.30. The van der Waals surface area contributed by atoms with Gasteiger partial charge in [-0.1, -0.05) is 27.2 Å². The van der Waals surface area contributed by atoms with Gasteiger partial charge in [-0.05, 0) is 31.8 Å². The summed E-state index contributed by atoms with van der Waals surface area (Å²) < 4.78 is 0. The van der Waals surface area contributed by atoms with Crippen LogP contribution in [0.15, 0.2) is 12.0 Å². The molecular weight excluding hydrogens is 162 g/mol. The summed E-state index contributed by atoms with van der Waals surface area (Å²) in [7, 11) is 0. The SMILES string of the molecule is CCCC(C)NC(O)=CC(C)CC. The number of allylic oxidation sites excluding steroid dienone is 1. The van der Waals surface area contributed by atoms with E-state index in [0.29, 0.717) is 17.8 Å². The average Bonchev–Trinajstić information content (AvgIpc) is 2.04. The summed E-state index contributed by atoms with van der Waals surface area (Å²) in [6.45, 7) is 8.45. The summed E-state index contributed by atoms with van der Waals surface area (Å²) in [6.07, 6.45) is 5.18. The molecule has 0 aliphatic heterocycles. The van der Waals surface area contributed by atoms with Gasteiger partial charge in [0, 0.05) is 6.04 Å². The summed E-state index contributed by atoms with van der Waals surface area (Å²) in [4.78, 5) is 0. The normalized spacial score (nSPS) is 16.8. The van der Waals surface area contributed by atoms with Crippen molar-refractivity contribution < 1.29 is 5.11 Å². The van der Waals surface area contributed by atoms with Gasteiger partial charge in [-0.15, -0.1) is 0 Å². The van der Waals surface area contributed by atoms with E-state index in [4.69, 9.17) is 0 Å². The van der Waals surface area contributed by atoms with Crippen LogP contribution in [0.4, 0.5) is 0 Å². The Balaban J connectivity index is 3.83. The van der Waals surface area contributed by atoms with E-state index in [2.05, 4.69) is 33.0 Å². The average molecular weight is 185 g/mol. The zero-order valence-electron chi connectivity index (χ0n) is 9.30. The lowest BCUT2D eigenvalue weighted by Gasteiger charge is -2.14. The van der Waals surface area contributed by atoms with Gasteiger partial charge in [0.1, 0.15) is 0 Å². The van der Waals surface area contributed by atoms with Crippen molar-refractivity contribution in [3.8, 4) is 0 Å². The molecule has 0 aliphatic carbocycles. The van der Waals surface area contributed by atoms with Crippen molar-refractivity contribution in [2.24, 2.45) is 5.92 Å².